The predicted molar refractivity (Wildman–Crippen MR) is 52.8 cm³/mol. The Kier molecular flexibility index (Phi) is 3.26. The molecular formula is C9H8BrFN2. The number of nitrogens with zero attached hydrogens (tertiary/aromatic N) is 1. The van der Waals surface area contributed by atoms with Crippen molar-refractivity contribution in [2.75, 3.05) is 5.32 Å². The molecule has 1 unspecified atom stereocenters. The van der Waals surface area contributed by atoms with Crippen LogP contribution in [0.5, 0.6) is 0 Å². The molecule has 1 N–H and O–H groups in total. The normalized spacial score (nSPS) is 11.8. The summed E-state index contributed by atoms with van der Waals surface area (Å²) in [4.78, 5) is 0. The van der Waals surface area contributed by atoms with Gasteiger partial charge in [0.1, 0.15) is 11.9 Å². The largest absolute Gasteiger partial charge is 0.368 e. The minimum atomic E-state index is -0.393. The van der Waals surface area contributed by atoms with Crippen LogP contribution in [0, 0.1) is 17.1 Å². The molecule has 1 aromatic rings. The first-order chi connectivity index (χ1) is 6.13. The Hall–Kier alpha value is -1.08. The quantitative estimate of drug-likeness (QED) is 0.866. The molecule has 0 amide bonds. The summed E-state index contributed by atoms with van der Waals surface area (Å²) in [7, 11) is 0. The summed E-state index contributed by atoms with van der Waals surface area (Å²) in [5.41, 5.74) is 0.345. The number of rotatable bonds is 2. The molecule has 1 aromatic carbocycles. The van der Waals surface area contributed by atoms with Gasteiger partial charge in [0.15, 0.2) is 0 Å². The van der Waals surface area contributed by atoms with Crippen molar-refractivity contribution in [3.8, 4) is 6.07 Å². The maximum absolute atomic E-state index is 13.1. The summed E-state index contributed by atoms with van der Waals surface area (Å²) >= 11 is 3.15. The van der Waals surface area contributed by atoms with Crippen LogP contribution in [0.2, 0.25) is 0 Å². The fourth-order valence-electron chi connectivity index (χ4n) is 0.872. The fraction of sp³-hybridized carbons (Fsp3) is 0.222. The van der Waals surface area contributed by atoms with E-state index >= 15 is 0 Å². The molecule has 0 aliphatic heterocycles. The van der Waals surface area contributed by atoms with Gasteiger partial charge in [-0.25, -0.2) is 4.39 Å². The third-order valence-corrected chi connectivity index (χ3v) is 1.99. The second kappa shape index (κ2) is 4.24. The first-order valence-corrected chi connectivity index (χ1v) is 4.54. The highest BCUT2D eigenvalue weighted by molar-refractivity contribution is 9.10. The highest BCUT2D eigenvalue weighted by Crippen LogP contribution is 2.19. The molecule has 0 heterocycles. The van der Waals surface area contributed by atoms with E-state index in [-0.39, 0.29) is 5.82 Å². The lowest BCUT2D eigenvalue weighted by Crippen LogP contribution is -2.12. The average Bonchev–Trinajstić information content (AvgIpc) is 2.09. The summed E-state index contributed by atoms with van der Waals surface area (Å²) in [6, 6.07) is 6.23. The van der Waals surface area contributed by atoms with Crippen molar-refractivity contribution in [2.24, 2.45) is 0 Å². The molecule has 0 aliphatic rings. The van der Waals surface area contributed by atoms with E-state index in [1.807, 2.05) is 6.07 Å². The lowest BCUT2D eigenvalue weighted by Gasteiger charge is -2.08. The third-order valence-electron chi connectivity index (χ3n) is 1.50. The maximum Gasteiger partial charge on any atom is 0.147 e. The van der Waals surface area contributed by atoms with Crippen LogP contribution < -0.4 is 5.32 Å². The van der Waals surface area contributed by atoms with E-state index in [0.717, 1.165) is 0 Å². The van der Waals surface area contributed by atoms with Crippen LogP contribution >= 0.6 is 15.9 Å². The number of hydrogen-bond acceptors (Lipinski definition) is 2. The summed E-state index contributed by atoms with van der Waals surface area (Å²) in [5.74, 6) is -0.364. The minimum absolute atomic E-state index is 0.345. The van der Waals surface area contributed by atoms with Gasteiger partial charge in [0.05, 0.1) is 11.8 Å². The van der Waals surface area contributed by atoms with Gasteiger partial charge in [-0.15, -0.1) is 0 Å². The van der Waals surface area contributed by atoms with Gasteiger partial charge in [-0.05, 0) is 25.1 Å². The van der Waals surface area contributed by atoms with E-state index in [4.69, 9.17) is 5.26 Å². The number of benzene rings is 1. The molecule has 0 saturated heterocycles. The number of nitriles is 1. The highest BCUT2D eigenvalue weighted by Gasteiger charge is 2.04. The lowest BCUT2D eigenvalue weighted by molar-refractivity contribution is 0.628. The van der Waals surface area contributed by atoms with Gasteiger partial charge < -0.3 is 5.32 Å². The van der Waals surface area contributed by atoms with Gasteiger partial charge in [-0.1, -0.05) is 15.9 Å². The molecule has 0 bridgehead atoms. The van der Waals surface area contributed by atoms with Crippen LogP contribution in [0.4, 0.5) is 10.1 Å². The molecule has 1 rings (SSSR count). The van der Waals surface area contributed by atoms with Crippen LogP contribution in [0.1, 0.15) is 6.92 Å². The van der Waals surface area contributed by atoms with Crippen molar-refractivity contribution >= 4 is 21.6 Å². The summed E-state index contributed by atoms with van der Waals surface area (Å²) in [6.07, 6.45) is 0. The summed E-state index contributed by atoms with van der Waals surface area (Å²) < 4.78 is 13.8. The van der Waals surface area contributed by atoms with Gasteiger partial charge in [-0.2, -0.15) is 5.26 Å². The molecule has 0 saturated carbocycles. The number of anilines is 1. The van der Waals surface area contributed by atoms with Crippen molar-refractivity contribution < 1.29 is 4.39 Å². The monoisotopic (exact) mass is 242 g/mol. The molecule has 0 aliphatic carbocycles. The SMILES string of the molecule is CC(C#N)Nc1ccc(Br)cc1F. The summed E-state index contributed by atoms with van der Waals surface area (Å²) in [5, 5.41) is 11.2. The van der Waals surface area contributed by atoms with Gasteiger partial charge in [0.25, 0.3) is 0 Å². The molecule has 0 aromatic heterocycles. The van der Waals surface area contributed by atoms with E-state index in [1.54, 1.807) is 19.1 Å². The predicted octanol–water partition coefficient (Wildman–Crippen LogP) is 2.91. The Bertz CT molecular complexity index is 346. The molecule has 0 fully saturated rings. The molecule has 4 heteroatoms. The molecule has 13 heavy (non-hydrogen) atoms. The Morgan fingerprint density at radius 3 is 2.85 bits per heavy atom. The second-order valence-corrected chi connectivity index (χ2v) is 3.53. The van der Waals surface area contributed by atoms with E-state index in [0.29, 0.717) is 10.2 Å². The topological polar surface area (TPSA) is 35.8 Å². The number of hydrogen-bond donors (Lipinski definition) is 1. The van der Waals surface area contributed by atoms with Crippen LogP contribution in [0.15, 0.2) is 22.7 Å². The van der Waals surface area contributed by atoms with Gasteiger partial charge >= 0.3 is 0 Å². The van der Waals surface area contributed by atoms with Crippen LogP contribution in [0.3, 0.4) is 0 Å². The Morgan fingerprint density at radius 2 is 2.31 bits per heavy atom. The second-order valence-electron chi connectivity index (χ2n) is 2.62. The third kappa shape index (κ3) is 2.71. The van der Waals surface area contributed by atoms with Crippen molar-refractivity contribution in [1.82, 2.24) is 0 Å². The first-order valence-electron chi connectivity index (χ1n) is 3.74. The number of nitrogens with one attached hydrogen (secondary N) is 1. The molecule has 0 spiro atoms. The fourth-order valence-corrected chi connectivity index (χ4v) is 1.21. The molecular weight excluding hydrogens is 235 g/mol. The number of halogens is 2. The van der Waals surface area contributed by atoms with Gasteiger partial charge in [0, 0.05) is 4.47 Å². The highest BCUT2D eigenvalue weighted by atomic mass is 79.9. The van der Waals surface area contributed by atoms with Crippen molar-refractivity contribution in [1.29, 1.82) is 5.26 Å². The molecule has 2 nitrogen and oxygen atoms in total. The van der Waals surface area contributed by atoms with E-state index in [1.165, 1.54) is 6.07 Å². The van der Waals surface area contributed by atoms with Crippen molar-refractivity contribution in [3.05, 3.63) is 28.5 Å². The molecule has 0 radical (unpaired) electrons. The van der Waals surface area contributed by atoms with Crippen molar-refractivity contribution in [3.63, 3.8) is 0 Å². The Labute approximate surface area is 84.5 Å². The van der Waals surface area contributed by atoms with E-state index < -0.39 is 6.04 Å². The van der Waals surface area contributed by atoms with Gasteiger partial charge in [-0.3, -0.25) is 0 Å². The summed E-state index contributed by atoms with van der Waals surface area (Å²) in [6.45, 7) is 1.67. The zero-order chi connectivity index (χ0) is 9.84. The first kappa shape index (κ1) is 10.0. The minimum Gasteiger partial charge on any atom is -0.368 e. The van der Waals surface area contributed by atoms with Gasteiger partial charge in [0.2, 0.25) is 0 Å². The van der Waals surface area contributed by atoms with E-state index in [9.17, 15) is 4.39 Å². The van der Waals surface area contributed by atoms with Crippen molar-refractivity contribution in [2.45, 2.75) is 13.0 Å². The van der Waals surface area contributed by atoms with E-state index in [2.05, 4.69) is 21.2 Å². The Morgan fingerprint density at radius 1 is 1.62 bits per heavy atom. The van der Waals surface area contributed by atoms with Crippen LogP contribution in [-0.2, 0) is 0 Å². The maximum atomic E-state index is 13.1. The van der Waals surface area contributed by atoms with Crippen LogP contribution in [-0.4, -0.2) is 6.04 Å². The Balaban J connectivity index is 2.85. The standard InChI is InChI=1S/C9H8BrFN2/c1-6(5-12)13-9-3-2-7(10)4-8(9)11/h2-4,6,13H,1H3. The molecule has 68 valence electrons. The zero-order valence-corrected chi connectivity index (χ0v) is 8.60. The molecule has 1 atom stereocenters. The van der Waals surface area contributed by atoms with Crippen LogP contribution in [0.25, 0.3) is 0 Å². The average molecular weight is 243 g/mol. The zero-order valence-electron chi connectivity index (χ0n) is 7.01. The lowest BCUT2D eigenvalue weighted by atomic mass is 10.2. The smallest absolute Gasteiger partial charge is 0.147 e.